The molecule has 0 bridgehead atoms. The van der Waals surface area contributed by atoms with Gasteiger partial charge in [-0.1, -0.05) is 118 Å². The second kappa shape index (κ2) is 18.2. The molecule has 0 unspecified atom stereocenters. The number of β-lactam (4-membered cyclic amide) rings is 1. The number of amidine groups is 1. The minimum absolute atomic E-state index is 0.0350. The molecule has 16 nitrogen and oxygen atoms in total. The molecule has 324 valence electrons. The summed E-state index contributed by atoms with van der Waals surface area (Å²) < 4.78 is 14.6. The summed E-state index contributed by atoms with van der Waals surface area (Å²) in [6.07, 6.45) is 5.16. The normalized spacial score (nSPS) is 17.4. The number of ether oxygens (including phenoxy) is 2. The van der Waals surface area contributed by atoms with Crippen molar-refractivity contribution in [1.82, 2.24) is 35.0 Å². The van der Waals surface area contributed by atoms with Crippen molar-refractivity contribution in [3.8, 4) is 5.75 Å². The molecule has 2 atom stereocenters. The van der Waals surface area contributed by atoms with E-state index in [0.717, 1.165) is 22.3 Å². The Morgan fingerprint density at radius 1 is 0.922 bits per heavy atom. The SMILES string of the molecule is CON=C(C(=O)N[C@@H]1C(=O)N2C(C(=O)OCc3ccc(OC)cc3)=C(C[n+]3ccc(N)n4nccc43)CS[C@@H]12)N1C=C(NC(c2ccccc2)(c2ccccc2)c2ccccc2)SN1. The number of fused-ring (bicyclic) bond motifs is 2. The smallest absolute Gasteiger partial charge is 0.355 e. The Morgan fingerprint density at radius 3 is 2.20 bits per heavy atom. The number of rotatable bonds is 13. The average Bonchev–Trinajstić information content (AvgIpc) is 4.04. The molecule has 1 fully saturated rings. The fourth-order valence-corrected chi connectivity index (χ4v) is 10.0. The molecule has 64 heavy (non-hydrogen) atoms. The molecule has 2 amide bonds. The number of carbonyl (C=O) groups excluding carboxylic acids is 3. The number of nitrogens with one attached hydrogen (secondary N) is 3. The Kier molecular flexibility index (Phi) is 12.0. The number of esters is 1. The summed E-state index contributed by atoms with van der Waals surface area (Å²) in [6.45, 7) is 0.210. The van der Waals surface area contributed by atoms with E-state index in [9.17, 15) is 14.4 Å². The molecule has 0 spiro atoms. The van der Waals surface area contributed by atoms with Gasteiger partial charge in [0.2, 0.25) is 5.82 Å². The van der Waals surface area contributed by atoms with Crippen LogP contribution in [-0.4, -0.2) is 74.5 Å². The Labute approximate surface area is 376 Å². The molecule has 1 saturated heterocycles. The highest BCUT2D eigenvalue weighted by atomic mass is 32.2. The summed E-state index contributed by atoms with van der Waals surface area (Å²) in [5.41, 5.74) is 10.5. The molecule has 3 aliphatic heterocycles. The van der Waals surface area contributed by atoms with Crippen LogP contribution in [0.25, 0.3) is 5.65 Å². The van der Waals surface area contributed by atoms with Gasteiger partial charge in [0.25, 0.3) is 17.6 Å². The van der Waals surface area contributed by atoms with Gasteiger partial charge >= 0.3 is 11.6 Å². The van der Waals surface area contributed by atoms with Gasteiger partial charge in [0.1, 0.15) is 53.7 Å². The number of nitrogen functional groups attached to an aromatic ring is 1. The number of hydrogen-bond donors (Lipinski definition) is 4. The van der Waals surface area contributed by atoms with Crippen molar-refractivity contribution in [3.63, 3.8) is 0 Å². The lowest BCUT2D eigenvalue weighted by molar-refractivity contribution is -0.666. The first kappa shape index (κ1) is 42.0. The number of benzene rings is 4. The van der Waals surface area contributed by atoms with Gasteiger partial charge in [-0.25, -0.2) is 14.4 Å². The van der Waals surface area contributed by atoms with E-state index in [4.69, 9.17) is 20.0 Å². The van der Waals surface area contributed by atoms with Gasteiger partial charge in [-0.3, -0.25) is 14.5 Å². The molecule has 0 saturated carbocycles. The average molecular weight is 896 g/mol. The fraction of sp³-hybridized carbons (Fsp3) is 0.174. The second-order valence-corrected chi connectivity index (χ2v) is 16.8. The van der Waals surface area contributed by atoms with Crippen LogP contribution in [0.3, 0.4) is 0 Å². The number of anilines is 1. The molecule has 2 aromatic heterocycles. The molecule has 9 rings (SSSR count). The summed E-state index contributed by atoms with van der Waals surface area (Å²) in [4.78, 5) is 52.2. The molecule has 0 radical (unpaired) electrons. The zero-order chi connectivity index (χ0) is 44.2. The van der Waals surface area contributed by atoms with Crippen LogP contribution < -0.4 is 30.5 Å². The number of hydrazine groups is 1. The van der Waals surface area contributed by atoms with E-state index in [-0.39, 0.29) is 24.7 Å². The largest absolute Gasteiger partial charge is 0.497 e. The van der Waals surface area contributed by atoms with E-state index >= 15 is 0 Å². The number of oxime groups is 1. The van der Waals surface area contributed by atoms with Crippen molar-refractivity contribution in [2.75, 3.05) is 25.7 Å². The summed E-state index contributed by atoms with van der Waals surface area (Å²) in [5.74, 6) is -0.501. The summed E-state index contributed by atoms with van der Waals surface area (Å²) >= 11 is 2.68. The van der Waals surface area contributed by atoms with Crippen molar-refractivity contribution in [2.45, 2.75) is 30.1 Å². The maximum atomic E-state index is 14.2. The van der Waals surface area contributed by atoms with Crippen LogP contribution in [0.15, 0.2) is 167 Å². The Hall–Kier alpha value is -7.28. The number of aromatic nitrogens is 3. The number of thioether (sulfide) groups is 1. The van der Waals surface area contributed by atoms with Gasteiger partial charge in [-0.05, 0) is 46.3 Å². The maximum Gasteiger partial charge on any atom is 0.355 e. The third kappa shape index (κ3) is 7.97. The van der Waals surface area contributed by atoms with E-state index in [2.05, 4.69) is 62.1 Å². The van der Waals surface area contributed by atoms with Crippen LogP contribution in [0.4, 0.5) is 5.82 Å². The Bertz CT molecular complexity index is 2690. The monoisotopic (exact) mass is 895 g/mol. The molecule has 3 aliphatic rings. The number of methoxy groups -OCH3 is 1. The summed E-state index contributed by atoms with van der Waals surface area (Å²) in [7, 11) is 2.91. The van der Waals surface area contributed by atoms with Crippen molar-refractivity contribution >= 4 is 58.8 Å². The van der Waals surface area contributed by atoms with Gasteiger partial charge in [0, 0.05) is 17.4 Å². The molecule has 5 N–H and O–H groups in total. The molecule has 5 heterocycles. The first-order valence-electron chi connectivity index (χ1n) is 20.2. The lowest BCUT2D eigenvalue weighted by atomic mass is 9.77. The topological polar surface area (TPSA) is 181 Å². The van der Waals surface area contributed by atoms with Crippen molar-refractivity contribution in [1.29, 1.82) is 0 Å². The second-order valence-electron chi connectivity index (χ2n) is 14.8. The summed E-state index contributed by atoms with van der Waals surface area (Å²) in [5, 5.41) is 16.5. The van der Waals surface area contributed by atoms with Crippen LogP contribution >= 0.6 is 23.7 Å². The predicted octanol–water partition coefficient (Wildman–Crippen LogP) is 4.42. The van der Waals surface area contributed by atoms with Crippen LogP contribution in [-0.2, 0) is 42.6 Å². The number of amides is 2. The van der Waals surface area contributed by atoms with Crippen molar-refractivity contribution in [3.05, 3.63) is 185 Å². The van der Waals surface area contributed by atoms with Crippen molar-refractivity contribution in [2.24, 2.45) is 5.16 Å². The quantitative estimate of drug-likeness (QED) is 0.0187. The zero-order valence-electron chi connectivity index (χ0n) is 34.7. The molecular weight excluding hydrogens is 853 g/mol. The number of nitrogens with zero attached hydrogens (tertiary/aromatic N) is 6. The first-order valence-corrected chi connectivity index (χ1v) is 22.0. The highest BCUT2D eigenvalue weighted by Crippen LogP contribution is 2.42. The van der Waals surface area contributed by atoms with Crippen molar-refractivity contribution < 1.29 is 33.3 Å². The number of carbonyl (C=O) groups is 3. The van der Waals surface area contributed by atoms with E-state index in [0.29, 0.717) is 33.6 Å². The van der Waals surface area contributed by atoms with E-state index in [1.54, 1.807) is 60.6 Å². The zero-order valence-corrected chi connectivity index (χ0v) is 36.3. The summed E-state index contributed by atoms with van der Waals surface area (Å²) in [6, 6.07) is 40.1. The van der Waals surface area contributed by atoms with Crippen LogP contribution in [0, 0.1) is 0 Å². The lowest BCUT2D eigenvalue weighted by Crippen LogP contribution is -2.71. The van der Waals surface area contributed by atoms with E-state index in [1.807, 2.05) is 65.2 Å². The third-order valence-electron chi connectivity index (χ3n) is 11.0. The molecule has 4 aromatic carbocycles. The fourth-order valence-electron chi connectivity index (χ4n) is 7.98. The number of nitrogens with two attached hydrogens (primary N) is 1. The molecule has 18 heteroatoms. The highest BCUT2D eigenvalue weighted by molar-refractivity contribution is 8.01. The standard InChI is InChI=1S/C46H42N10O6S2/c1-60-35-20-18-30(19-21-35)28-62-45(59)40-31(26-53-25-23-36(47)56-38(53)22-24-48-56)29-63-44-39(43(58)55(40)44)49-42(57)41(51-61-2)54-27-37(64-52-54)50-46(32-12-6-3-7-13-32,33-14-8-4-9-15-33)34-16-10-5-11-17-34/h3-25,27,39,44,47,50,52H,26,28-29H2,1-2H3,(H,49,57)/p+1/t39-,44+/m1/s1. The molecule has 6 aromatic rings. The van der Waals surface area contributed by atoms with Crippen LogP contribution in [0.5, 0.6) is 5.75 Å². The third-order valence-corrected chi connectivity index (χ3v) is 13.1. The van der Waals surface area contributed by atoms with Gasteiger partial charge in [0.15, 0.2) is 0 Å². The highest BCUT2D eigenvalue weighted by Gasteiger charge is 2.55. The Balaban J connectivity index is 0.965. The van der Waals surface area contributed by atoms with Gasteiger partial charge < -0.3 is 30.7 Å². The minimum Gasteiger partial charge on any atom is -0.497 e. The van der Waals surface area contributed by atoms with Crippen LogP contribution in [0.2, 0.25) is 0 Å². The lowest BCUT2D eigenvalue weighted by Gasteiger charge is -2.49. The predicted molar refractivity (Wildman–Crippen MR) is 242 cm³/mol. The van der Waals surface area contributed by atoms with Gasteiger partial charge in [-0.2, -0.15) is 4.83 Å². The number of hydrogen-bond acceptors (Lipinski definition) is 13. The van der Waals surface area contributed by atoms with E-state index < -0.39 is 34.7 Å². The molecular formula is C46H43N10O6S2+. The van der Waals surface area contributed by atoms with E-state index in [1.165, 1.54) is 40.7 Å². The van der Waals surface area contributed by atoms with Gasteiger partial charge in [-0.15, -0.1) is 11.8 Å². The van der Waals surface area contributed by atoms with Gasteiger partial charge in [0.05, 0.1) is 31.8 Å². The molecule has 0 aliphatic carbocycles. The minimum atomic E-state index is -0.991. The first-order chi connectivity index (χ1) is 31.3. The maximum absolute atomic E-state index is 14.2. The Morgan fingerprint density at radius 2 is 1.58 bits per heavy atom. The van der Waals surface area contributed by atoms with Crippen LogP contribution in [0.1, 0.15) is 22.3 Å².